The summed E-state index contributed by atoms with van der Waals surface area (Å²) in [5.74, 6) is 0.240. The molecule has 5 nitrogen and oxygen atoms in total. The first-order chi connectivity index (χ1) is 13.1. The van der Waals surface area contributed by atoms with E-state index in [0.717, 1.165) is 5.56 Å². The van der Waals surface area contributed by atoms with Crippen molar-refractivity contribution in [2.45, 2.75) is 6.42 Å². The minimum Gasteiger partial charge on any atom is -0.496 e. The van der Waals surface area contributed by atoms with Crippen LogP contribution in [0.4, 0.5) is 5.69 Å². The van der Waals surface area contributed by atoms with Crippen LogP contribution in [0, 0.1) is 0 Å². The molecule has 0 radical (unpaired) electrons. The molecule has 1 amide bonds. The molecule has 2 aromatic carbocycles. The first-order valence-electron chi connectivity index (χ1n) is 8.43. The Kier molecular flexibility index (Phi) is 6.06. The van der Waals surface area contributed by atoms with Crippen LogP contribution in [-0.2, 0) is 6.42 Å². The summed E-state index contributed by atoms with van der Waals surface area (Å²) < 4.78 is 5.45. The molecule has 0 bridgehead atoms. The number of hydrogen-bond donors (Lipinski definition) is 2. The average Bonchev–Trinajstić information content (AvgIpc) is 2.69. The zero-order chi connectivity index (χ0) is 19.2. The fourth-order valence-corrected chi connectivity index (χ4v) is 3.01. The number of benzene rings is 2. The van der Waals surface area contributed by atoms with E-state index in [9.17, 15) is 9.90 Å². The number of anilines is 1. The summed E-state index contributed by atoms with van der Waals surface area (Å²) in [6.07, 6.45) is 2.12. The molecule has 0 unspecified atom stereocenters. The van der Waals surface area contributed by atoms with Crippen molar-refractivity contribution in [1.82, 2.24) is 4.98 Å². The highest BCUT2D eigenvalue weighted by molar-refractivity contribution is 6.33. The third kappa shape index (κ3) is 4.27. The number of aromatic nitrogens is 1. The summed E-state index contributed by atoms with van der Waals surface area (Å²) in [7, 11) is 1.54. The maximum atomic E-state index is 12.7. The predicted molar refractivity (Wildman–Crippen MR) is 106 cm³/mol. The molecule has 0 aliphatic heterocycles. The van der Waals surface area contributed by atoms with E-state index in [2.05, 4.69) is 10.3 Å². The van der Waals surface area contributed by atoms with Crippen molar-refractivity contribution in [3.05, 3.63) is 76.9 Å². The van der Waals surface area contributed by atoms with Gasteiger partial charge in [0.2, 0.25) is 0 Å². The van der Waals surface area contributed by atoms with E-state index in [1.165, 1.54) is 7.11 Å². The molecule has 0 spiro atoms. The monoisotopic (exact) mass is 382 g/mol. The topological polar surface area (TPSA) is 71.5 Å². The van der Waals surface area contributed by atoms with Crippen LogP contribution in [0.5, 0.6) is 5.75 Å². The Balaban J connectivity index is 1.90. The number of nitrogens with one attached hydrogen (secondary N) is 1. The average molecular weight is 383 g/mol. The van der Waals surface area contributed by atoms with Gasteiger partial charge in [-0.3, -0.25) is 9.78 Å². The van der Waals surface area contributed by atoms with E-state index < -0.39 is 0 Å². The first kappa shape index (κ1) is 18.9. The molecular weight excluding hydrogens is 364 g/mol. The maximum absolute atomic E-state index is 12.7. The van der Waals surface area contributed by atoms with E-state index in [4.69, 9.17) is 16.3 Å². The number of carbonyl (C=O) groups excluding carboxylic acids is 1. The molecular formula is C21H19ClN2O3. The molecule has 0 saturated carbocycles. The summed E-state index contributed by atoms with van der Waals surface area (Å²) >= 11 is 6.23. The van der Waals surface area contributed by atoms with E-state index in [1.54, 1.807) is 36.5 Å². The number of nitrogens with zero attached hydrogens (tertiary/aromatic N) is 1. The van der Waals surface area contributed by atoms with Crippen molar-refractivity contribution >= 4 is 23.2 Å². The number of carbonyl (C=O) groups is 1. The van der Waals surface area contributed by atoms with Gasteiger partial charge in [0.15, 0.2) is 0 Å². The van der Waals surface area contributed by atoms with E-state index in [1.807, 2.05) is 24.3 Å². The Morgan fingerprint density at radius 2 is 2.00 bits per heavy atom. The molecule has 3 rings (SSSR count). The first-order valence-corrected chi connectivity index (χ1v) is 8.81. The van der Waals surface area contributed by atoms with Crippen molar-refractivity contribution in [3.8, 4) is 17.0 Å². The zero-order valence-electron chi connectivity index (χ0n) is 14.8. The van der Waals surface area contributed by atoms with Crippen LogP contribution >= 0.6 is 11.6 Å². The van der Waals surface area contributed by atoms with Crippen molar-refractivity contribution in [2.24, 2.45) is 0 Å². The van der Waals surface area contributed by atoms with E-state index in [0.29, 0.717) is 39.7 Å². The largest absolute Gasteiger partial charge is 0.496 e. The van der Waals surface area contributed by atoms with Gasteiger partial charge in [0.1, 0.15) is 5.75 Å². The van der Waals surface area contributed by atoms with Gasteiger partial charge < -0.3 is 15.2 Å². The van der Waals surface area contributed by atoms with Gasteiger partial charge in [-0.25, -0.2) is 0 Å². The number of amides is 1. The van der Waals surface area contributed by atoms with Crippen LogP contribution in [0.2, 0.25) is 5.02 Å². The second-order valence-corrected chi connectivity index (χ2v) is 6.24. The second kappa shape index (κ2) is 8.66. The molecule has 3 aromatic rings. The lowest BCUT2D eigenvalue weighted by atomic mass is 10.1. The molecule has 6 heteroatoms. The Hall–Kier alpha value is -2.89. The number of aliphatic hydroxyl groups excluding tert-OH is 1. The van der Waals surface area contributed by atoms with Crippen molar-refractivity contribution in [2.75, 3.05) is 19.0 Å². The van der Waals surface area contributed by atoms with Gasteiger partial charge in [-0.2, -0.15) is 0 Å². The molecule has 0 aliphatic rings. The number of hydrogen-bond acceptors (Lipinski definition) is 4. The maximum Gasteiger partial charge on any atom is 0.255 e. The number of ether oxygens (including phenoxy) is 1. The molecule has 138 valence electrons. The van der Waals surface area contributed by atoms with Crippen LogP contribution in [0.15, 0.2) is 60.8 Å². The lowest BCUT2D eigenvalue weighted by molar-refractivity contribution is 0.102. The summed E-state index contributed by atoms with van der Waals surface area (Å²) in [6, 6.07) is 16.0. The minimum atomic E-state index is -0.266. The summed E-state index contributed by atoms with van der Waals surface area (Å²) in [5.41, 5.74) is 3.29. The summed E-state index contributed by atoms with van der Waals surface area (Å²) in [4.78, 5) is 17.0. The number of pyridine rings is 1. The third-order valence-corrected chi connectivity index (χ3v) is 4.43. The third-order valence-electron chi connectivity index (χ3n) is 4.12. The number of halogens is 1. The van der Waals surface area contributed by atoms with Crippen LogP contribution in [0.1, 0.15) is 15.9 Å². The van der Waals surface area contributed by atoms with Gasteiger partial charge in [-0.1, -0.05) is 29.8 Å². The van der Waals surface area contributed by atoms with Crippen molar-refractivity contribution < 1.29 is 14.6 Å². The molecule has 0 saturated heterocycles. The fraction of sp³-hybridized carbons (Fsp3) is 0.143. The van der Waals surface area contributed by atoms with Gasteiger partial charge >= 0.3 is 0 Å². The molecule has 0 fully saturated rings. The normalized spacial score (nSPS) is 10.5. The second-order valence-electron chi connectivity index (χ2n) is 5.83. The van der Waals surface area contributed by atoms with E-state index >= 15 is 0 Å². The lowest BCUT2D eigenvalue weighted by Crippen LogP contribution is -2.14. The number of para-hydroxylation sites is 1. The smallest absolute Gasteiger partial charge is 0.255 e. The highest BCUT2D eigenvalue weighted by Gasteiger charge is 2.15. The Bertz CT molecular complexity index is 960. The Morgan fingerprint density at radius 3 is 2.74 bits per heavy atom. The Labute approximate surface area is 162 Å². The highest BCUT2D eigenvalue weighted by atomic mass is 35.5. The van der Waals surface area contributed by atoms with Crippen LogP contribution in [0.3, 0.4) is 0 Å². The zero-order valence-corrected chi connectivity index (χ0v) is 15.5. The van der Waals surface area contributed by atoms with Crippen LogP contribution in [-0.4, -0.2) is 29.7 Å². The van der Waals surface area contributed by atoms with Crippen molar-refractivity contribution in [3.63, 3.8) is 0 Å². The molecule has 1 aromatic heterocycles. The minimum absolute atomic E-state index is 0.0141. The SMILES string of the molecule is COc1cc(C(=O)Nc2ccccc2CCO)ccc1-c1ncccc1Cl. The number of aliphatic hydroxyl groups is 1. The number of methoxy groups -OCH3 is 1. The standard InChI is InChI=1S/C21H19ClN2O3/c1-27-19-13-15(8-9-16(19)20-17(22)6-4-11-23-20)21(26)24-18-7-3-2-5-14(18)10-12-25/h2-9,11,13,25H,10,12H2,1H3,(H,24,26). The van der Waals surface area contributed by atoms with Crippen molar-refractivity contribution in [1.29, 1.82) is 0 Å². The van der Waals surface area contributed by atoms with Gasteiger partial charge in [0.25, 0.3) is 5.91 Å². The molecule has 1 heterocycles. The van der Waals surface area contributed by atoms with E-state index in [-0.39, 0.29) is 12.5 Å². The van der Waals surface area contributed by atoms with Gasteiger partial charge in [-0.15, -0.1) is 0 Å². The molecule has 0 aliphatic carbocycles. The highest BCUT2D eigenvalue weighted by Crippen LogP contribution is 2.34. The van der Waals surface area contributed by atoms with Crippen LogP contribution < -0.4 is 10.1 Å². The Morgan fingerprint density at radius 1 is 1.19 bits per heavy atom. The predicted octanol–water partition coefficient (Wildman–Crippen LogP) is 4.20. The summed E-state index contributed by atoms with van der Waals surface area (Å²) in [6.45, 7) is 0.0141. The van der Waals surface area contributed by atoms with Gasteiger partial charge in [0.05, 0.1) is 17.8 Å². The molecule has 2 N–H and O–H groups in total. The fourth-order valence-electron chi connectivity index (χ4n) is 2.79. The van der Waals surface area contributed by atoms with Gasteiger partial charge in [0, 0.05) is 29.6 Å². The molecule has 27 heavy (non-hydrogen) atoms. The van der Waals surface area contributed by atoms with Crippen LogP contribution in [0.25, 0.3) is 11.3 Å². The lowest BCUT2D eigenvalue weighted by Gasteiger charge is -2.13. The summed E-state index contributed by atoms with van der Waals surface area (Å²) in [5, 5.41) is 12.6. The van der Waals surface area contributed by atoms with Gasteiger partial charge in [-0.05, 0) is 48.4 Å². The quantitative estimate of drug-likeness (QED) is 0.670. The number of rotatable bonds is 6. The molecule has 0 atom stereocenters.